The average molecular weight is 662 g/mol. The fourth-order valence-corrected chi connectivity index (χ4v) is 8.41. The maximum absolute atomic E-state index is 6.46. The molecule has 0 saturated heterocycles. The van der Waals surface area contributed by atoms with Gasteiger partial charge in [0.25, 0.3) is 0 Å². The topological polar surface area (TPSA) is 39.9 Å². The van der Waals surface area contributed by atoms with Crippen LogP contribution < -0.4 is 9.13 Å². The number of hydrogen-bond donors (Lipinski definition) is 0. The predicted molar refractivity (Wildman–Crippen MR) is 195 cm³/mol. The minimum Gasteiger partial charge on any atom is -0.0342 e. The molecule has 0 saturated carbocycles. The van der Waals surface area contributed by atoms with E-state index in [0.29, 0.717) is 5.88 Å². The Labute approximate surface area is 274 Å². The molecule has 5 heteroatoms. The standard InChI is InChI=1S/C41H39GeN3O/c1-41(2,3)31-15-11-16-33(26-31)45-38-20-18-29(28-12-8-7-9-13-28)25-36(38)35-19-21-39(44-40(35)45)46-34-17-10-14-30(24-34)37-27-32(22-23-43-37)42(4,5)6/h7-27H,1-6H3. The van der Waals surface area contributed by atoms with Crippen LogP contribution in [0.4, 0.5) is 0 Å². The van der Waals surface area contributed by atoms with Gasteiger partial charge in [0.05, 0.1) is 0 Å². The molecule has 0 amide bonds. The summed E-state index contributed by atoms with van der Waals surface area (Å²) >= 11 is -1.99. The summed E-state index contributed by atoms with van der Waals surface area (Å²) < 4.78 is 10.2. The third kappa shape index (κ3) is 5.85. The van der Waals surface area contributed by atoms with Gasteiger partial charge in [-0.3, -0.25) is 0 Å². The average Bonchev–Trinajstić information content (AvgIpc) is 3.37. The van der Waals surface area contributed by atoms with E-state index in [4.69, 9.17) is 14.7 Å². The van der Waals surface area contributed by atoms with Gasteiger partial charge in [-0.1, -0.05) is 69.3 Å². The first-order valence-corrected chi connectivity index (χ1v) is 23.3. The number of fused-ring (bicyclic) bond motifs is 3. The SMILES string of the molecule is CC(C)(C)c1cccc(-n2c3ccc(-c4ccccc4)cc3c3ccc(Oc4cccc(-c5c[c]([Ge]([CH3])([CH3])[CH3])ccn5)c4)nc32)c1. The normalized spacial score (nSPS) is 12.1. The number of pyridine rings is 2. The molecule has 228 valence electrons. The summed E-state index contributed by atoms with van der Waals surface area (Å²) in [5, 5.41) is 2.25. The van der Waals surface area contributed by atoms with Crippen molar-refractivity contribution in [3.8, 4) is 39.7 Å². The Kier molecular flexibility index (Phi) is 7.56. The minimum atomic E-state index is -1.99. The molecule has 0 radical (unpaired) electrons. The maximum atomic E-state index is 6.46. The summed E-state index contributed by atoms with van der Waals surface area (Å²) in [6, 6.07) is 42.7. The van der Waals surface area contributed by atoms with Crippen molar-refractivity contribution >= 4 is 39.6 Å². The zero-order chi connectivity index (χ0) is 32.1. The number of rotatable bonds is 6. The number of ether oxygens (including phenoxy) is 1. The van der Waals surface area contributed by atoms with E-state index in [1.54, 1.807) is 0 Å². The number of nitrogens with zero attached hydrogens (tertiary/aromatic N) is 3. The van der Waals surface area contributed by atoms with Crippen LogP contribution in [0, 0.1) is 0 Å². The van der Waals surface area contributed by atoms with Crippen LogP contribution in [0.5, 0.6) is 11.6 Å². The molecular formula is C41H39GeN3O. The van der Waals surface area contributed by atoms with Gasteiger partial charge in [0.1, 0.15) is 0 Å². The molecular weight excluding hydrogens is 623 g/mol. The first kappa shape index (κ1) is 30.0. The Balaban J connectivity index is 1.34. The summed E-state index contributed by atoms with van der Waals surface area (Å²) in [6.45, 7) is 6.75. The van der Waals surface area contributed by atoms with Gasteiger partial charge in [-0.15, -0.1) is 0 Å². The molecule has 0 unspecified atom stereocenters. The molecule has 0 aliphatic heterocycles. The molecule has 0 atom stereocenters. The molecule has 7 rings (SSSR count). The van der Waals surface area contributed by atoms with Gasteiger partial charge in [0, 0.05) is 0 Å². The summed E-state index contributed by atoms with van der Waals surface area (Å²) in [4.78, 5) is 9.85. The van der Waals surface area contributed by atoms with Gasteiger partial charge in [0.15, 0.2) is 0 Å². The smallest absolute Gasteiger partial charge is 0.0342 e. The summed E-state index contributed by atoms with van der Waals surface area (Å²) in [6.07, 6.45) is 1.93. The number of benzene rings is 4. The first-order chi connectivity index (χ1) is 22.0. The van der Waals surface area contributed by atoms with Crippen molar-refractivity contribution in [3.63, 3.8) is 0 Å². The first-order valence-electron chi connectivity index (χ1n) is 15.9. The largest absolute Gasteiger partial charge is 0.0342 e. The Morgan fingerprint density at radius 2 is 1.43 bits per heavy atom. The summed E-state index contributed by atoms with van der Waals surface area (Å²) in [5.41, 5.74) is 8.74. The molecule has 4 nitrogen and oxygen atoms in total. The van der Waals surface area contributed by atoms with E-state index in [1.165, 1.54) is 21.1 Å². The third-order valence-electron chi connectivity index (χ3n) is 8.64. The second kappa shape index (κ2) is 11.6. The molecule has 4 aromatic carbocycles. The molecule has 3 heterocycles. The van der Waals surface area contributed by atoms with Gasteiger partial charge in [0.2, 0.25) is 0 Å². The van der Waals surface area contributed by atoms with Crippen LogP contribution in [-0.2, 0) is 5.41 Å². The summed E-state index contributed by atoms with van der Waals surface area (Å²) in [5.74, 6) is 8.50. The van der Waals surface area contributed by atoms with Gasteiger partial charge in [-0.05, 0) is 46.4 Å². The predicted octanol–water partition coefficient (Wildman–Crippen LogP) is 10.5. The van der Waals surface area contributed by atoms with Crippen molar-refractivity contribution in [1.29, 1.82) is 0 Å². The van der Waals surface area contributed by atoms with Crippen molar-refractivity contribution in [2.24, 2.45) is 0 Å². The van der Waals surface area contributed by atoms with Crippen LogP contribution in [-0.4, -0.2) is 27.8 Å². The van der Waals surface area contributed by atoms with E-state index in [0.717, 1.165) is 44.6 Å². The van der Waals surface area contributed by atoms with Crippen molar-refractivity contribution in [2.75, 3.05) is 0 Å². The third-order valence-corrected chi connectivity index (χ3v) is 12.9. The van der Waals surface area contributed by atoms with E-state index in [1.807, 2.05) is 24.4 Å². The van der Waals surface area contributed by atoms with Crippen molar-refractivity contribution in [2.45, 2.75) is 43.5 Å². The van der Waals surface area contributed by atoms with Crippen LogP contribution in [0.15, 0.2) is 128 Å². The van der Waals surface area contributed by atoms with Crippen LogP contribution in [0.2, 0.25) is 17.3 Å². The fourth-order valence-electron chi connectivity index (χ4n) is 6.01. The van der Waals surface area contributed by atoms with Crippen molar-refractivity contribution in [1.82, 2.24) is 14.5 Å². The zero-order valence-electron chi connectivity index (χ0n) is 27.4. The van der Waals surface area contributed by atoms with Crippen molar-refractivity contribution < 1.29 is 4.74 Å². The van der Waals surface area contributed by atoms with Gasteiger partial charge >= 0.3 is 159 Å². The molecule has 46 heavy (non-hydrogen) atoms. The van der Waals surface area contributed by atoms with Gasteiger partial charge in [-0.2, -0.15) is 0 Å². The van der Waals surface area contributed by atoms with E-state index < -0.39 is 13.3 Å². The van der Waals surface area contributed by atoms with Gasteiger partial charge < -0.3 is 0 Å². The second-order valence-electron chi connectivity index (χ2n) is 14.1. The van der Waals surface area contributed by atoms with E-state index in [2.05, 4.69) is 146 Å². The Morgan fingerprint density at radius 1 is 0.652 bits per heavy atom. The monoisotopic (exact) mass is 663 g/mol. The fraction of sp³-hybridized carbons (Fsp3) is 0.171. The second-order valence-corrected chi connectivity index (χ2v) is 24.7. The van der Waals surface area contributed by atoms with E-state index in [9.17, 15) is 0 Å². The Hall–Kier alpha value is -4.68. The molecule has 0 bridgehead atoms. The zero-order valence-corrected chi connectivity index (χ0v) is 29.5. The number of hydrogen-bond acceptors (Lipinski definition) is 3. The molecule has 0 aliphatic carbocycles. The van der Waals surface area contributed by atoms with E-state index >= 15 is 0 Å². The van der Waals surface area contributed by atoms with Crippen LogP contribution in [0.1, 0.15) is 26.3 Å². The summed E-state index contributed by atoms with van der Waals surface area (Å²) in [7, 11) is 0. The quantitative estimate of drug-likeness (QED) is 0.167. The van der Waals surface area contributed by atoms with Gasteiger partial charge in [-0.25, -0.2) is 0 Å². The van der Waals surface area contributed by atoms with E-state index in [-0.39, 0.29) is 5.41 Å². The van der Waals surface area contributed by atoms with Crippen LogP contribution in [0.3, 0.4) is 0 Å². The van der Waals surface area contributed by atoms with Crippen LogP contribution >= 0.6 is 0 Å². The Morgan fingerprint density at radius 3 is 2.22 bits per heavy atom. The molecule has 0 aliphatic rings. The molecule has 0 spiro atoms. The van der Waals surface area contributed by atoms with Crippen LogP contribution in [0.25, 0.3) is 50.0 Å². The Bertz CT molecular complexity index is 2200. The molecule has 3 aromatic heterocycles. The minimum absolute atomic E-state index is 0.0200. The maximum Gasteiger partial charge on any atom is -0.0342 e. The molecule has 7 aromatic rings. The number of aromatic nitrogens is 3. The van der Waals surface area contributed by atoms with Crippen molar-refractivity contribution in [3.05, 3.63) is 133 Å². The molecule has 0 N–H and O–H groups in total. The molecule has 0 fully saturated rings.